The average molecular weight is 449 g/mol. The van der Waals surface area contributed by atoms with E-state index in [2.05, 4.69) is 49.9 Å². The van der Waals surface area contributed by atoms with Gasteiger partial charge in [0.2, 0.25) is 0 Å². The van der Waals surface area contributed by atoms with E-state index in [1.165, 1.54) is 37.7 Å². The van der Waals surface area contributed by atoms with Gasteiger partial charge in [-0.1, -0.05) is 35.2 Å². The lowest BCUT2D eigenvalue weighted by Gasteiger charge is -2.31. The van der Waals surface area contributed by atoms with E-state index in [1.807, 2.05) is 6.07 Å². The Balaban J connectivity index is 0.00000180. The zero-order valence-corrected chi connectivity index (χ0v) is 16.4. The molecule has 0 spiro atoms. The van der Waals surface area contributed by atoms with Gasteiger partial charge in [-0.2, -0.15) is 0 Å². The molecule has 1 aliphatic carbocycles. The minimum Gasteiger partial charge on any atom is -0.398 e. The molecule has 1 aromatic rings. The molecule has 116 valence electrons. The highest BCUT2D eigenvalue weighted by Crippen LogP contribution is 2.30. The van der Waals surface area contributed by atoms with E-state index in [4.69, 9.17) is 5.73 Å². The summed E-state index contributed by atoms with van der Waals surface area (Å²) in [6.45, 7) is 0.925. The van der Waals surface area contributed by atoms with Crippen molar-refractivity contribution in [1.29, 1.82) is 0 Å². The minimum absolute atomic E-state index is 0. The Labute approximate surface area is 150 Å². The monoisotopic (exact) mass is 446 g/mol. The van der Waals surface area contributed by atoms with E-state index < -0.39 is 0 Å². The molecule has 1 aromatic carbocycles. The summed E-state index contributed by atoms with van der Waals surface area (Å²) in [5, 5.41) is 0. The van der Waals surface area contributed by atoms with Gasteiger partial charge < -0.3 is 5.73 Å². The number of nitrogen functional groups attached to an aromatic ring is 1. The third-order valence-corrected chi connectivity index (χ3v) is 4.91. The van der Waals surface area contributed by atoms with Crippen molar-refractivity contribution in [3.63, 3.8) is 0 Å². The largest absolute Gasteiger partial charge is 0.398 e. The maximum atomic E-state index is 6.13. The van der Waals surface area contributed by atoms with E-state index >= 15 is 0 Å². The fourth-order valence-corrected chi connectivity index (χ4v) is 4.00. The minimum atomic E-state index is 0. The molecule has 0 unspecified atom stereocenters. The van der Waals surface area contributed by atoms with Crippen molar-refractivity contribution in [2.75, 3.05) is 12.8 Å². The van der Waals surface area contributed by atoms with Gasteiger partial charge in [0.15, 0.2) is 0 Å². The molecule has 0 radical (unpaired) electrons. The van der Waals surface area contributed by atoms with Crippen LogP contribution in [0.4, 0.5) is 5.69 Å². The van der Waals surface area contributed by atoms with Crippen LogP contribution in [0.5, 0.6) is 0 Å². The van der Waals surface area contributed by atoms with E-state index in [0.29, 0.717) is 0 Å². The van der Waals surface area contributed by atoms with Gasteiger partial charge in [-0.25, -0.2) is 0 Å². The number of hydrogen-bond acceptors (Lipinski definition) is 2. The standard InChI is InChI=1S/C14H20Br2N2.2ClH/c1-18(12-5-3-2-4-6-12)9-10-7-11(15)8-13(16)14(10)17;;/h7-8,12H,2-6,9,17H2,1H3;2*1H. The summed E-state index contributed by atoms with van der Waals surface area (Å²) in [6, 6.07) is 4.84. The second kappa shape index (κ2) is 9.52. The maximum absolute atomic E-state index is 6.13. The SMILES string of the molecule is CN(Cc1cc(Br)cc(Br)c1N)C1CCCCC1.Cl.Cl. The Kier molecular flexibility index (Phi) is 9.77. The Morgan fingerprint density at radius 2 is 1.75 bits per heavy atom. The second-order valence-electron chi connectivity index (χ2n) is 5.17. The summed E-state index contributed by atoms with van der Waals surface area (Å²) in [6.07, 6.45) is 6.78. The first-order valence-electron chi connectivity index (χ1n) is 6.51. The Bertz CT molecular complexity index is 424. The van der Waals surface area contributed by atoms with Crippen LogP contribution in [0.3, 0.4) is 0 Å². The Morgan fingerprint density at radius 3 is 2.35 bits per heavy atom. The highest BCUT2D eigenvalue weighted by Gasteiger charge is 2.19. The van der Waals surface area contributed by atoms with Crippen molar-refractivity contribution in [2.45, 2.75) is 44.7 Å². The molecule has 0 heterocycles. The predicted molar refractivity (Wildman–Crippen MR) is 99.1 cm³/mol. The van der Waals surface area contributed by atoms with Crippen LogP contribution in [0, 0.1) is 0 Å². The van der Waals surface area contributed by atoms with E-state index in [1.54, 1.807) is 0 Å². The first-order valence-corrected chi connectivity index (χ1v) is 8.10. The fraction of sp³-hybridized carbons (Fsp3) is 0.571. The van der Waals surface area contributed by atoms with Gasteiger partial charge >= 0.3 is 0 Å². The molecule has 6 heteroatoms. The zero-order valence-electron chi connectivity index (χ0n) is 11.6. The quantitative estimate of drug-likeness (QED) is 0.627. The van der Waals surface area contributed by atoms with Crippen molar-refractivity contribution < 1.29 is 0 Å². The van der Waals surface area contributed by atoms with Gasteiger partial charge in [-0.15, -0.1) is 24.8 Å². The molecule has 20 heavy (non-hydrogen) atoms. The lowest BCUT2D eigenvalue weighted by Crippen LogP contribution is -2.33. The molecule has 2 nitrogen and oxygen atoms in total. The Hall–Kier alpha value is 0.520. The number of hydrogen-bond donors (Lipinski definition) is 1. The molecule has 0 bridgehead atoms. The lowest BCUT2D eigenvalue weighted by molar-refractivity contribution is 0.185. The molecule has 0 atom stereocenters. The van der Waals surface area contributed by atoms with Crippen LogP contribution >= 0.6 is 56.7 Å². The number of benzene rings is 1. The summed E-state index contributed by atoms with van der Waals surface area (Å²) < 4.78 is 2.06. The highest BCUT2D eigenvalue weighted by atomic mass is 79.9. The molecule has 1 aliphatic rings. The fourth-order valence-electron chi connectivity index (χ4n) is 2.69. The van der Waals surface area contributed by atoms with Crippen molar-refractivity contribution >= 4 is 62.4 Å². The number of halogens is 4. The van der Waals surface area contributed by atoms with Gasteiger partial charge in [0.1, 0.15) is 0 Å². The van der Waals surface area contributed by atoms with E-state index in [0.717, 1.165) is 27.2 Å². The van der Waals surface area contributed by atoms with Crippen molar-refractivity contribution in [1.82, 2.24) is 4.90 Å². The molecule has 0 aromatic heterocycles. The van der Waals surface area contributed by atoms with Gasteiger partial charge in [0, 0.05) is 21.5 Å². The van der Waals surface area contributed by atoms with Crippen LogP contribution in [-0.4, -0.2) is 18.0 Å². The molecular weight excluding hydrogens is 427 g/mol. The summed E-state index contributed by atoms with van der Waals surface area (Å²) in [5.74, 6) is 0. The van der Waals surface area contributed by atoms with Crippen LogP contribution in [-0.2, 0) is 6.54 Å². The van der Waals surface area contributed by atoms with Crippen molar-refractivity contribution in [3.8, 4) is 0 Å². The van der Waals surface area contributed by atoms with Gasteiger partial charge in [-0.3, -0.25) is 4.90 Å². The summed E-state index contributed by atoms with van der Waals surface area (Å²) in [7, 11) is 2.21. The number of rotatable bonds is 3. The number of nitrogens with two attached hydrogens (primary N) is 1. The van der Waals surface area contributed by atoms with Crippen molar-refractivity contribution in [3.05, 3.63) is 26.6 Å². The smallest absolute Gasteiger partial charge is 0.0504 e. The third-order valence-electron chi connectivity index (χ3n) is 3.80. The van der Waals surface area contributed by atoms with Crippen LogP contribution in [0.15, 0.2) is 21.1 Å². The van der Waals surface area contributed by atoms with E-state index in [-0.39, 0.29) is 24.8 Å². The third kappa shape index (κ3) is 5.38. The molecule has 0 saturated heterocycles. The topological polar surface area (TPSA) is 29.3 Å². The summed E-state index contributed by atoms with van der Waals surface area (Å²) in [5.41, 5.74) is 8.20. The normalized spacial score (nSPS) is 15.6. The van der Waals surface area contributed by atoms with Crippen LogP contribution in [0.25, 0.3) is 0 Å². The van der Waals surface area contributed by atoms with Gasteiger partial charge in [0.25, 0.3) is 0 Å². The predicted octanol–water partition coefficient (Wildman–Crippen LogP) is 5.40. The molecule has 1 saturated carbocycles. The molecule has 0 amide bonds. The molecule has 2 N–H and O–H groups in total. The summed E-state index contributed by atoms with van der Waals surface area (Å²) >= 11 is 7.04. The molecule has 2 rings (SSSR count). The first kappa shape index (κ1) is 20.5. The summed E-state index contributed by atoms with van der Waals surface area (Å²) in [4.78, 5) is 2.45. The van der Waals surface area contributed by atoms with E-state index in [9.17, 15) is 0 Å². The van der Waals surface area contributed by atoms with Crippen LogP contribution < -0.4 is 5.73 Å². The lowest BCUT2D eigenvalue weighted by atomic mass is 9.94. The van der Waals surface area contributed by atoms with Crippen LogP contribution in [0.2, 0.25) is 0 Å². The number of anilines is 1. The van der Waals surface area contributed by atoms with Crippen LogP contribution in [0.1, 0.15) is 37.7 Å². The average Bonchev–Trinajstić information content (AvgIpc) is 2.36. The van der Waals surface area contributed by atoms with Gasteiger partial charge in [-0.05, 0) is 53.5 Å². The van der Waals surface area contributed by atoms with Gasteiger partial charge in [0.05, 0.1) is 5.69 Å². The zero-order chi connectivity index (χ0) is 13.1. The van der Waals surface area contributed by atoms with Crippen molar-refractivity contribution in [2.24, 2.45) is 0 Å². The molecule has 0 aliphatic heterocycles. The maximum Gasteiger partial charge on any atom is 0.0504 e. The highest BCUT2D eigenvalue weighted by molar-refractivity contribution is 9.11. The number of nitrogens with zero attached hydrogens (tertiary/aromatic N) is 1. The second-order valence-corrected chi connectivity index (χ2v) is 6.94. The Morgan fingerprint density at radius 1 is 1.15 bits per heavy atom. The first-order chi connectivity index (χ1) is 8.58. The molecule has 1 fully saturated rings. The molecular formula is C14H22Br2Cl2N2.